The number of nitrogens with one attached hydrogen (secondary N) is 2. The van der Waals surface area contributed by atoms with E-state index in [2.05, 4.69) is 38.3 Å². The monoisotopic (exact) mass is 254 g/mol. The Bertz CT molecular complexity index is 263. The summed E-state index contributed by atoms with van der Waals surface area (Å²) in [5, 5.41) is 6.42. The van der Waals surface area contributed by atoms with Crippen LogP contribution < -0.4 is 10.6 Å². The molecule has 1 fully saturated rings. The second-order valence-corrected chi connectivity index (χ2v) is 6.58. The maximum absolute atomic E-state index is 12.1. The number of rotatable bonds is 7. The van der Waals surface area contributed by atoms with Crippen molar-refractivity contribution in [2.75, 3.05) is 19.6 Å². The molecule has 0 aromatic heterocycles. The fraction of sp³-hybridized carbons (Fsp3) is 0.933. The number of carbonyl (C=O) groups excluding carboxylic acids is 1. The Hall–Kier alpha value is -0.570. The van der Waals surface area contributed by atoms with Crippen molar-refractivity contribution in [3.63, 3.8) is 0 Å². The van der Waals surface area contributed by atoms with Crippen LogP contribution in [-0.4, -0.2) is 25.5 Å². The SMILES string of the molecule is CCCCCC(C)(C)CNC(=O)C1CNCC1C. The van der Waals surface area contributed by atoms with E-state index in [4.69, 9.17) is 0 Å². The molecule has 0 aliphatic carbocycles. The summed E-state index contributed by atoms with van der Waals surface area (Å²) in [5.41, 5.74) is 0.222. The fourth-order valence-corrected chi connectivity index (χ4v) is 2.56. The van der Waals surface area contributed by atoms with Crippen molar-refractivity contribution in [3.05, 3.63) is 0 Å². The number of hydrogen-bond donors (Lipinski definition) is 2. The predicted octanol–water partition coefficient (Wildman–Crippen LogP) is 2.56. The Labute approximate surface area is 112 Å². The van der Waals surface area contributed by atoms with E-state index in [9.17, 15) is 4.79 Å². The fourth-order valence-electron chi connectivity index (χ4n) is 2.56. The average molecular weight is 254 g/mol. The van der Waals surface area contributed by atoms with Crippen molar-refractivity contribution in [1.82, 2.24) is 10.6 Å². The van der Waals surface area contributed by atoms with E-state index in [1.54, 1.807) is 0 Å². The Morgan fingerprint density at radius 1 is 1.33 bits per heavy atom. The van der Waals surface area contributed by atoms with E-state index in [0.29, 0.717) is 5.92 Å². The van der Waals surface area contributed by atoms with Gasteiger partial charge in [-0.15, -0.1) is 0 Å². The van der Waals surface area contributed by atoms with Gasteiger partial charge in [-0.3, -0.25) is 4.79 Å². The van der Waals surface area contributed by atoms with E-state index in [-0.39, 0.29) is 17.2 Å². The highest BCUT2D eigenvalue weighted by molar-refractivity contribution is 5.79. The molecule has 1 saturated heterocycles. The molecule has 0 aromatic rings. The van der Waals surface area contributed by atoms with E-state index < -0.39 is 0 Å². The highest BCUT2D eigenvalue weighted by Crippen LogP contribution is 2.23. The molecule has 0 aromatic carbocycles. The van der Waals surface area contributed by atoms with Crippen LogP contribution in [0, 0.1) is 17.3 Å². The molecule has 1 rings (SSSR count). The van der Waals surface area contributed by atoms with Crippen LogP contribution in [0.25, 0.3) is 0 Å². The molecule has 3 heteroatoms. The Morgan fingerprint density at radius 3 is 2.61 bits per heavy atom. The van der Waals surface area contributed by atoms with Gasteiger partial charge in [-0.05, 0) is 24.3 Å². The second kappa shape index (κ2) is 7.13. The van der Waals surface area contributed by atoms with Crippen molar-refractivity contribution < 1.29 is 4.79 Å². The summed E-state index contributed by atoms with van der Waals surface area (Å²) in [6.07, 6.45) is 5.01. The highest BCUT2D eigenvalue weighted by Gasteiger charge is 2.30. The molecule has 1 aliphatic heterocycles. The molecule has 2 N–H and O–H groups in total. The molecule has 18 heavy (non-hydrogen) atoms. The zero-order valence-corrected chi connectivity index (χ0v) is 12.5. The molecular formula is C15H30N2O. The third-order valence-corrected chi connectivity index (χ3v) is 4.05. The Kier molecular flexibility index (Phi) is 6.13. The van der Waals surface area contributed by atoms with Gasteiger partial charge in [0.2, 0.25) is 5.91 Å². The first-order valence-corrected chi connectivity index (χ1v) is 7.44. The van der Waals surface area contributed by atoms with Crippen LogP contribution in [-0.2, 0) is 4.79 Å². The third kappa shape index (κ3) is 4.97. The summed E-state index contributed by atoms with van der Waals surface area (Å²) in [7, 11) is 0. The average Bonchev–Trinajstić information content (AvgIpc) is 2.73. The highest BCUT2D eigenvalue weighted by atomic mass is 16.1. The van der Waals surface area contributed by atoms with Gasteiger partial charge < -0.3 is 10.6 Å². The van der Waals surface area contributed by atoms with Gasteiger partial charge >= 0.3 is 0 Å². The second-order valence-electron chi connectivity index (χ2n) is 6.58. The van der Waals surface area contributed by atoms with Gasteiger partial charge in [-0.2, -0.15) is 0 Å². The first kappa shape index (κ1) is 15.5. The molecule has 0 saturated carbocycles. The van der Waals surface area contributed by atoms with Gasteiger partial charge in [-0.25, -0.2) is 0 Å². The summed E-state index contributed by atoms with van der Waals surface area (Å²) >= 11 is 0. The first-order chi connectivity index (χ1) is 8.46. The third-order valence-electron chi connectivity index (χ3n) is 4.05. The number of unbranched alkanes of at least 4 members (excludes halogenated alkanes) is 2. The van der Waals surface area contributed by atoms with Crippen LogP contribution in [0.5, 0.6) is 0 Å². The minimum Gasteiger partial charge on any atom is -0.355 e. The summed E-state index contributed by atoms with van der Waals surface area (Å²) in [6, 6.07) is 0. The van der Waals surface area contributed by atoms with Crippen LogP contribution in [0.1, 0.15) is 53.4 Å². The lowest BCUT2D eigenvalue weighted by atomic mass is 9.86. The van der Waals surface area contributed by atoms with Gasteiger partial charge in [-0.1, -0.05) is 47.0 Å². The lowest BCUT2D eigenvalue weighted by Gasteiger charge is -2.26. The van der Waals surface area contributed by atoms with Gasteiger partial charge in [0.05, 0.1) is 5.92 Å². The van der Waals surface area contributed by atoms with Crippen molar-refractivity contribution in [2.45, 2.75) is 53.4 Å². The van der Waals surface area contributed by atoms with Crippen LogP contribution in [0.4, 0.5) is 0 Å². The van der Waals surface area contributed by atoms with Gasteiger partial charge in [0, 0.05) is 13.1 Å². The van der Waals surface area contributed by atoms with Crippen LogP contribution in [0.15, 0.2) is 0 Å². The van der Waals surface area contributed by atoms with E-state index >= 15 is 0 Å². The molecule has 0 radical (unpaired) electrons. The lowest BCUT2D eigenvalue weighted by molar-refractivity contribution is -0.125. The van der Waals surface area contributed by atoms with Crippen molar-refractivity contribution in [3.8, 4) is 0 Å². The minimum atomic E-state index is 0.163. The summed E-state index contributed by atoms with van der Waals surface area (Å²) in [6.45, 7) is 11.5. The number of amides is 1. The maximum atomic E-state index is 12.1. The summed E-state index contributed by atoms with van der Waals surface area (Å²) in [5.74, 6) is 0.862. The zero-order valence-electron chi connectivity index (χ0n) is 12.5. The summed E-state index contributed by atoms with van der Waals surface area (Å²) in [4.78, 5) is 12.1. The van der Waals surface area contributed by atoms with Crippen LogP contribution in [0.3, 0.4) is 0 Å². The number of hydrogen-bond acceptors (Lipinski definition) is 2. The smallest absolute Gasteiger partial charge is 0.224 e. The van der Waals surface area contributed by atoms with Crippen molar-refractivity contribution in [1.29, 1.82) is 0 Å². The van der Waals surface area contributed by atoms with Gasteiger partial charge in [0.25, 0.3) is 0 Å². The van der Waals surface area contributed by atoms with Gasteiger partial charge in [0.15, 0.2) is 0 Å². The predicted molar refractivity (Wildman–Crippen MR) is 76.5 cm³/mol. The molecule has 1 aliphatic rings. The Balaban J connectivity index is 2.28. The van der Waals surface area contributed by atoms with Crippen molar-refractivity contribution >= 4 is 5.91 Å². The number of carbonyl (C=O) groups is 1. The zero-order chi connectivity index (χ0) is 13.6. The minimum absolute atomic E-state index is 0.163. The molecular weight excluding hydrogens is 224 g/mol. The van der Waals surface area contributed by atoms with E-state index in [1.807, 2.05) is 0 Å². The topological polar surface area (TPSA) is 41.1 Å². The molecule has 1 amide bonds. The molecule has 106 valence electrons. The Morgan fingerprint density at radius 2 is 2.06 bits per heavy atom. The van der Waals surface area contributed by atoms with E-state index in [0.717, 1.165) is 19.6 Å². The standard InChI is InChI=1S/C15H30N2O/c1-5-6-7-8-15(3,4)11-17-14(18)13-10-16-9-12(13)2/h12-13,16H,5-11H2,1-4H3,(H,17,18). The van der Waals surface area contributed by atoms with Gasteiger partial charge in [0.1, 0.15) is 0 Å². The summed E-state index contributed by atoms with van der Waals surface area (Å²) < 4.78 is 0. The molecule has 3 nitrogen and oxygen atoms in total. The molecule has 2 unspecified atom stereocenters. The van der Waals surface area contributed by atoms with Crippen molar-refractivity contribution in [2.24, 2.45) is 17.3 Å². The largest absolute Gasteiger partial charge is 0.355 e. The first-order valence-electron chi connectivity index (χ1n) is 7.44. The molecule has 0 bridgehead atoms. The van der Waals surface area contributed by atoms with Crippen LogP contribution >= 0.6 is 0 Å². The lowest BCUT2D eigenvalue weighted by Crippen LogP contribution is -2.39. The van der Waals surface area contributed by atoms with Crippen LogP contribution in [0.2, 0.25) is 0 Å². The van der Waals surface area contributed by atoms with E-state index in [1.165, 1.54) is 25.7 Å². The quantitative estimate of drug-likeness (QED) is 0.686. The molecule has 1 heterocycles. The normalized spacial score (nSPS) is 24.2. The molecule has 2 atom stereocenters. The maximum Gasteiger partial charge on any atom is 0.224 e. The molecule has 0 spiro atoms.